The average Bonchev–Trinajstić information content (AvgIpc) is 2.78. The first-order valence-corrected chi connectivity index (χ1v) is 9.43. The number of methoxy groups -OCH3 is 2. The maximum atomic E-state index is 12.2. The average molecular weight is 404 g/mol. The zero-order valence-electron chi connectivity index (χ0n) is 17.2. The number of hydrogen-bond acceptors (Lipinski definition) is 5. The van der Waals surface area contributed by atoms with Crippen LogP contribution in [0, 0.1) is 6.92 Å². The van der Waals surface area contributed by atoms with Crippen molar-refractivity contribution >= 4 is 12.1 Å². The van der Waals surface area contributed by atoms with E-state index in [1.54, 1.807) is 38.5 Å². The summed E-state index contributed by atoms with van der Waals surface area (Å²) in [4.78, 5) is 12.2. The van der Waals surface area contributed by atoms with Crippen LogP contribution in [0.5, 0.6) is 17.2 Å². The van der Waals surface area contributed by atoms with E-state index in [-0.39, 0.29) is 5.91 Å². The molecule has 0 heterocycles. The minimum atomic E-state index is -0.284. The molecule has 3 aromatic carbocycles. The molecule has 0 unspecified atom stereocenters. The predicted octanol–water partition coefficient (Wildman–Crippen LogP) is 4.36. The highest BCUT2D eigenvalue weighted by Crippen LogP contribution is 2.38. The number of carbonyl (C=O) groups excluding carboxylic acids is 1. The van der Waals surface area contributed by atoms with Crippen LogP contribution in [0.3, 0.4) is 0 Å². The SMILES string of the molecule is COc1cc(/C=N\NC(=O)c2ccc(C)cc2)cc(OC)c1OCc1ccccc1. The molecule has 0 atom stereocenters. The Balaban J connectivity index is 1.73. The predicted molar refractivity (Wildman–Crippen MR) is 117 cm³/mol. The number of amides is 1. The van der Waals surface area contributed by atoms with Crippen molar-refractivity contribution in [2.45, 2.75) is 13.5 Å². The van der Waals surface area contributed by atoms with Gasteiger partial charge in [0.25, 0.3) is 5.91 Å². The van der Waals surface area contributed by atoms with Crippen molar-refractivity contribution in [3.05, 3.63) is 89.0 Å². The second kappa shape index (κ2) is 10.1. The number of rotatable bonds is 8. The van der Waals surface area contributed by atoms with Gasteiger partial charge in [0.2, 0.25) is 5.75 Å². The van der Waals surface area contributed by atoms with Crippen molar-refractivity contribution in [3.8, 4) is 17.2 Å². The standard InChI is InChI=1S/C24H24N2O4/c1-17-9-11-20(12-10-17)24(27)26-25-15-19-13-21(28-2)23(22(14-19)29-3)30-16-18-7-5-4-6-8-18/h4-15H,16H2,1-3H3,(H,26,27)/b25-15-. The molecule has 30 heavy (non-hydrogen) atoms. The number of carbonyl (C=O) groups is 1. The van der Waals surface area contributed by atoms with Crippen LogP contribution in [0.1, 0.15) is 27.0 Å². The molecule has 0 fully saturated rings. The van der Waals surface area contributed by atoms with Crippen molar-refractivity contribution < 1.29 is 19.0 Å². The van der Waals surface area contributed by atoms with E-state index < -0.39 is 0 Å². The molecule has 3 aromatic rings. The van der Waals surface area contributed by atoms with Gasteiger partial charge in [0.05, 0.1) is 20.4 Å². The molecule has 0 aliphatic heterocycles. The lowest BCUT2D eigenvalue weighted by molar-refractivity contribution is 0.0955. The van der Waals surface area contributed by atoms with E-state index in [9.17, 15) is 4.79 Å². The molecule has 0 aromatic heterocycles. The Morgan fingerprint density at radius 1 is 0.967 bits per heavy atom. The summed E-state index contributed by atoms with van der Waals surface area (Å²) in [6.07, 6.45) is 1.53. The van der Waals surface area contributed by atoms with Gasteiger partial charge in [-0.2, -0.15) is 5.10 Å². The Kier molecular flexibility index (Phi) is 7.05. The molecule has 0 aliphatic carbocycles. The fraction of sp³-hybridized carbons (Fsp3) is 0.167. The number of benzene rings is 3. The number of nitrogens with zero attached hydrogens (tertiary/aromatic N) is 1. The summed E-state index contributed by atoms with van der Waals surface area (Å²) < 4.78 is 16.9. The minimum Gasteiger partial charge on any atom is -0.493 e. The van der Waals surface area contributed by atoms with Crippen LogP contribution in [0.15, 0.2) is 71.8 Å². The minimum absolute atomic E-state index is 0.284. The van der Waals surface area contributed by atoms with E-state index in [0.29, 0.717) is 35.0 Å². The first-order valence-electron chi connectivity index (χ1n) is 9.43. The third-order valence-corrected chi connectivity index (χ3v) is 4.40. The smallest absolute Gasteiger partial charge is 0.271 e. The van der Waals surface area contributed by atoms with E-state index >= 15 is 0 Å². The first-order chi connectivity index (χ1) is 14.6. The summed E-state index contributed by atoms with van der Waals surface area (Å²) in [7, 11) is 3.12. The quantitative estimate of drug-likeness (QED) is 0.448. The molecule has 1 N–H and O–H groups in total. The second-order valence-corrected chi connectivity index (χ2v) is 6.59. The van der Waals surface area contributed by atoms with E-state index in [1.165, 1.54) is 6.21 Å². The van der Waals surface area contributed by atoms with Gasteiger partial charge in [-0.25, -0.2) is 5.43 Å². The zero-order chi connectivity index (χ0) is 21.3. The van der Waals surface area contributed by atoms with Gasteiger partial charge in [-0.05, 0) is 36.8 Å². The monoisotopic (exact) mass is 404 g/mol. The highest BCUT2D eigenvalue weighted by atomic mass is 16.5. The highest BCUT2D eigenvalue weighted by molar-refractivity contribution is 5.95. The molecule has 0 bridgehead atoms. The van der Waals surface area contributed by atoms with Crippen molar-refractivity contribution in [1.29, 1.82) is 0 Å². The third kappa shape index (κ3) is 5.38. The Morgan fingerprint density at radius 2 is 1.60 bits per heavy atom. The van der Waals surface area contributed by atoms with E-state index in [2.05, 4.69) is 10.5 Å². The molecular formula is C24H24N2O4. The molecular weight excluding hydrogens is 380 g/mol. The van der Waals surface area contributed by atoms with Gasteiger partial charge >= 0.3 is 0 Å². The third-order valence-electron chi connectivity index (χ3n) is 4.40. The Bertz CT molecular complexity index is 990. The Morgan fingerprint density at radius 3 is 2.20 bits per heavy atom. The number of hydrazone groups is 1. The summed E-state index contributed by atoms with van der Waals surface area (Å²) >= 11 is 0. The molecule has 6 nitrogen and oxygen atoms in total. The molecule has 6 heteroatoms. The maximum absolute atomic E-state index is 12.2. The lowest BCUT2D eigenvalue weighted by Gasteiger charge is -2.15. The van der Waals surface area contributed by atoms with Gasteiger partial charge in [-0.3, -0.25) is 4.79 Å². The van der Waals surface area contributed by atoms with Crippen LogP contribution in [0.25, 0.3) is 0 Å². The molecule has 0 spiro atoms. The summed E-state index contributed by atoms with van der Waals surface area (Å²) in [5.41, 5.74) is 5.87. The number of aryl methyl sites for hydroxylation is 1. The van der Waals surface area contributed by atoms with E-state index in [4.69, 9.17) is 14.2 Å². The lowest BCUT2D eigenvalue weighted by Crippen LogP contribution is -2.17. The van der Waals surface area contributed by atoms with Gasteiger partial charge < -0.3 is 14.2 Å². The highest BCUT2D eigenvalue weighted by Gasteiger charge is 2.14. The van der Waals surface area contributed by atoms with Crippen molar-refractivity contribution in [3.63, 3.8) is 0 Å². The molecule has 0 saturated heterocycles. The van der Waals surface area contributed by atoms with Crippen LogP contribution < -0.4 is 19.6 Å². The maximum Gasteiger partial charge on any atom is 0.271 e. The van der Waals surface area contributed by atoms with Gasteiger partial charge in [0, 0.05) is 11.1 Å². The second-order valence-electron chi connectivity index (χ2n) is 6.59. The molecule has 0 saturated carbocycles. The summed E-state index contributed by atoms with van der Waals surface area (Å²) in [6.45, 7) is 2.35. The largest absolute Gasteiger partial charge is 0.493 e. The fourth-order valence-corrected chi connectivity index (χ4v) is 2.78. The van der Waals surface area contributed by atoms with Gasteiger partial charge in [-0.15, -0.1) is 0 Å². The van der Waals surface area contributed by atoms with Crippen molar-refractivity contribution in [2.24, 2.45) is 5.10 Å². The number of nitrogens with one attached hydrogen (secondary N) is 1. The fourth-order valence-electron chi connectivity index (χ4n) is 2.78. The lowest BCUT2D eigenvalue weighted by atomic mass is 10.1. The normalized spacial score (nSPS) is 10.6. The topological polar surface area (TPSA) is 69.2 Å². The van der Waals surface area contributed by atoms with Gasteiger partial charge in [0.1, 0.15) is 6.61 Å². The first kappa shape index (κ1) is 20.9. The molecule has 0 radical (unpaired) electrons. The van der Waals surface area contributed by atoms with Gasteiger partial charge in [0.15, 0.2) is 11.5 Å². The van der Waals surface area contributed by atoms with Crippen LogP contribution >= 0.6 is 0 Å². The van der Waals surface area contributed by atoms with E-state index in [1.807, 2.05) is 49.4 Å². The number of hydrogen-bond donors (Lipinski definition) is 1. The molecule has 0 aliphatic rings. The summed E-state index contributed by atoms with van der Waals surface area (Å²) in [6, 6.07) is 20.6. The summed E-state index contributed by atoms with van der Waals surface area (Å²) in [5.74, 6) is 1.24. The zero-order valence-corrected chi connectivity index (χ0v) is 17.2. The molecule has 3 rings (SSSR count). The Hall–Kier alpha value is -3.80. The molecule has 154 valence electrons. The van der Waals surface area contributed by atoms with Crippen LogP contribution in [-0.4, -0.2) is 26.3 Å². The van der Waals surface area contributed by atoms with Crippen LogP contribution in [0.4, 0.5) is 0 Å². The van der Waals surface area contributed by atoms with Gasteiger partial charge in [-0.1, -0.05) is 48.0 Å². The number of ether oxygens (including phenoxy) is 3. The van der Waals surface area contributed by atoms with E-state index in [0.717, 1.165) is 11.1 Å². The van der Waals surface area contributed by atoms with Crippen LogP contribution in [0.2, 0.25) is 0 Å². The van der Waals surface area contributed by atoms with Crippen LogP contribution in [-0.2, 0) is 6.61 Å². The van der Waals surface area contributed by atoms with Crippen molar-refractivity contribution in [2.75, 3.05) is 14.2 Å². The summed E-state index contributed by atoms with van der Waals surface area (Å²) in [5, 5.41) is 4.04. The van der Waals surface area contributed by atoms with Crippen molar-refractivity contribution in [1.82, 2.24) is 5.43 Å². The Labute approximate surface area is 176 Å². The molecule has 1 amide bonds.